The minimum atomic E-state index is -0.451. The van der Waals surface area contributed by atoms with E-state index in [0.717, 1.165) is 11.1 Å². The predicted octanol–water partition coefficient (Wildman–Crippen LogP) is 3.44. The van der Waals surface area contributed by atoms with Gasteiger partial charge >= 0.3 is 0 Å². The summed E-state index contributed by atoms with van der Waals surface area (Å²) < 4.78 is 20.0. The van der Waals surface area contributed by atoms with Gasteiger partial charge in [-0.3, -0.25) is 4.79 Å². The molecule has 0 fully saturated rings. The van der Waals surface area contributed by atoms with Crippen LogP contribution in [-0.4, -0.2) is 26.5 Å². The van der Waals surface area contributed by atoms with Gasteiger partial charge in [-0.15, -0.1) is 0 Å². The fourth-order valence-corrected chi connectivity index (χ4v) is 2.40. The zero-order valence-electron chi connectivity index (χ0n) is 13.8. The van der Waals surface area contributed by atoms with Crippen LogP contribution in [-0.2, 0) is 6.42 Å². The van der Waals surface area contributed by atoms with Crippen LogP contribution in [0.2, 0.25) is 0 Å². The fourth-order valence-electron chi connectivity index (χ4n) is 2.40. The molecular weight excluding hydrogens is 293 g/mol. The van der Waals surface area contributed by atoms with E-state index >= 15 is 0 Å². The highest BCUT2D eigenvalue weighted by molar-refractivity contribution is 5.80. The fraction of sp³-hybridized carbons (Fsp3) is 0.316. The maximum absolute atomic E-state index is 14.6. The molecule has 0 saturated heterocycles. The molecule has 0 aliphatic carbocycles. The van der Waals surface area contributed by atoms with Crippen LogP contribution in [0.15, 0.2) is 30.3 Å². The smallest absolute Gasteiger partial charge is 0.169 e. The first kappa shape index (κ1) is 17.2. The van der Waals surface area contributed by atoms with Crippen molar-refractivity contribution in [3.05, 3.63) is 64.0 Å². The van der Waals surface area contributed by atoms with Gasteiger partial charge in [-0.25, -0.2) is 4.39 Å². The van der Waals surface area contributed by atoms with Crippen LogP contribution in [0.1, 0.15) is 32.6 Å². The molecule has 3 nitrogen and oxygen atoms in total. The minimum Gasteiger partial charge on any atom is -0.488 e. The topological polar surface area (TPSA) is 38.3 Å². The zero-order valence-corrected chi connectivity index (χ0v) is 13.8. The zero-order chi connectivity index (χ0) is 16.8. The lowest BCUT2D eigenvalue weighted by Crippen LogP contribution is -2.17. The maximum Gasteiger partial charge on any atom is 0.169 e. The molecule has 4 heteroatoms. The van der Waals surface area contributed by atoms with Crippen molar-refractivity contribution in [3.63, 3.8) is 0 Å². The summed E-state index contributed by atoms with van der Waals surface area (Å²) in [5.74, 6) is -0.409. The minimum absolute atomic E-state index is 0.0420. The van der Waals surface area contributed by atoms with Gasteiger partial charge in [-0.05, 0) is 50.1 Å². The van der Waals surface area contributed by atoms with Gasteiger partial charge in [0.15, 0.2) is 17.9 Å². The first-order valence-electron chi connectivity index (χ1n) is 7.67. The standard InChI is InChI=1S/C19H22FNO2/c1-13-4-6-15(7-5-13)10-16-11-17(12-22)19(18(20)14(16)2)23-9-8-21-3/h4-7,11-12,21H,8-10H2,1-3H3. The van der Waals surface area contributed by atoms with Crippen molar-refractivity contribution in [3.8, 4) is 5.75 Å². The Morgan fingerprint density at radius 3 is 2.52 bits per heavy atom. The third-order valence-electron chi connectivity index (χ3n) is 3.84. The van der Waals surface area contributed by atoms with Gasteiger partial charge in [0, 0.05) is 6.54 Å². The number of aldehydes is 1. The highest BCUT2D eigenvalue weighted by atomic mass is 19.1. The Morgan fingerprint density at radius 2 is 1.91 bits per heavy atom. The summed E-state index contributed by atoms with van der Waals surface area (Å²) in [6, 6.07) is 9.81. The average molecular weight is 315 g/mol. The number of rotatable bonds is 7. The lowest BCUT2D eigenvalue weighted by molar-refractivity contribution is 0.111. The van der Waals surface area contributed by atoms with Crippen molar-refractivity contribution in [2.24, 2.45) is 0 Å². The van der Waals surface area contributed by atoms with Crippen LogP contribution in [0.4, 0.5) is 4.39 Å². The van der Waals surface area contributed by atoms with Gasteiger partial charge in [-0.2, -0.15) is 0 Å². The van der Waals surface area contributed by atoms with E-state index in [4.69, 9.17) is 4.74 Å². The third kappa shape index (κ3) is 4.17. The van der Waals surface area contributed by atoms with Crippen molar-refractivity contribution in [2.75, 3.05) is 20.2 Å². The van der Waals surface area contributed by atoms with E-state index in [1.165, 1.54) is 5.56 Å². The molecule has 23 heavy (non-hydrogen) atoms. The van der Waals surface area contributed by atoms with E-state index < -0.39 is 5.82 Å². The molecule has 0 unspecified atom stereocenters. The largest absolute Gasteiger partial charge is 0.488 e. The number of benzene rings is 2. The summed E-state index contributed by atoms with van der Waals surface area (Å²) in [6.45, 7) is 4.64. The molecule has 0 aromatic heterocycles. The second kappa shape index (κ2) is 7.88. The number of nitrogens with one attached hydrogen (secondary N) is 1. The monoisotopic (exact) mass is 315 g/mol. The van der Waals surface area contributed by atoms with Crippen LogP contribution < -0.4 is 10.1 Å². The van der Waals surface area contributed by atoms with Crippen LogP contribution >= 0.6 is 0 Å². The average Bonchev–Trinajstić information content (AvgIpc) is 2.56. The summed E-state index contributed by atoms with van der Waals surface area (Å²) >= 11 is 0. The number of aryl methyl sites for hydroxylation is 1. The first-order chi connectivity index (χ1) is 11.1. The van der Waals surface area contributed by atoms with Crippen LogP contribution in [0.5, 0.6) is 5.75 Å². The molecule has 2 aromatic rings. The maximum atomic E-state index is 14.6. The van der Waals surface area contributed by atoms with Crippen molar-refractivity contribution in [2.45, 2.75) is 20.3 Å². The van der Waals surface area contributed by atoms with Crippen LogP contribution in [0.3, 0.4) is 0 Å². The number of halogens is 1. The molecule has 0 bridgehead atoms. The van der Waals surface area contributed by atoms with E-state index in [1.807, 2.05) is 31.2 Å². The van der Waals surface area contributed by atoms with E-state index in [0.29, 0.717) is 31.4 Å². The summed E-state index contributed by atoms with van der Waals surface area (Å²) in [7, 11) is 1.79. The van der Waals surface area contributed by atoms with Crippen LogP contribution in [0, 0.1) is 19.7 Å². The summed E-state index contributed by atoms with van der Waals surface area (Å²) in [5, 5.41) is 2.92. The van der Waals surface area contributed by atoms with Crippen molar-refractivity contribution < 1.29 is 13.9 Å². The Balaban J connectivity index is 2.32. The Morgan fingerprint density at radius 1 is 1.22 bits per heavy atom. The molecule has 0 atom stereocenters. The molecule has 0 radical (unpaired) electrons. The third-order valence-corrected chi connectivity index (χ3v) is 3.84. The van der Waals surface area contributed by atoms with E-state index in [-0.39, 0.29) is 11.3 Å². The van der Waals surface area contributed by atoms with E-state index in [1.54, 1.807) is 20.0 Å². The molecule has 122 valence electrons. The Labute approximate surface area is 136 Å². The van der Waals surface area contributed by atoms with Gasteiger partial charge < -0.3 is 10.1 Å². The molecule has 0 heterocycles. The quantitative estimate of drug-likeness (QED) is 0.628. The first-order valence-corrected chi connectivity index (χ1v) is 7.67. The second-order valence-corrected chi connectivity index (χ2v) is 5.63. The lowest BCUT2D eigenvalue weighted by Gasteiger charge is -2.15. The molecule has 0 aliphatic rings. The Kier molecular flexibility index (Phi) is 5.88. The molecule has 1 N–H and O–H groups in total. The highest BCUT2D eigenvalue weighted by Crippen LogP contribution is 2.29. The molecular formula is C19H22FNO2. The van der Waals surface area contributed by atoms with Gasteiger partial charge in [0.25, 0.3) is 0 Å². The number of ether oxygens (including phenoxy) is 1. The number of likely N-dealkylation sites (N-methyl/N-ethyl adjacent to an activating group) is 1. The van der Waals surface area contributed by atoms with E-state index in [9.17, 15) is 9.18 Å². The molecule has 0 aliphatic heterocycles. The van der Waals surface area contributed by atoms with Gasteiger partial charge in [0.1, 0.15) is 6.61 Å². The molecule has 2 aromatic carbocycles. The van der Waals surface area contributed by atoms with Crippen molar-refractivity contribution >= 4 is 6.29 Å². The van der Waals surface area contributed by atoms with Crippen molar-refractivity contribution in [1.82, 2.24) is 5.32 Å². The van der Waals surface area contributed by atoms with Gasteiger partial charge in [0.2, 0.25) is 0 Å². The number of carbonyl (C=O) groups is 1. The normalized spacial score (nSPS) is 10.6. The number of hydrogen-bond donors (Lipinski definition) is 1. The second-order valence-electron chi connectivity index (χ2n) is 5.63. The number of carbonyl (C=O) groups excluding carboxylic acids is 1. The van der Waals surface area contributed by atoms with Crippen molar-refractivity contribution in [1.29, 1.82) is 0 Å². The van der Waals surface area contributed by atoms with Gasteiger partial charge in [0.05, 0.1) is 5.56 Å². The van der Waals surface area contributed by atoms with Gasteiger partial charge in [-0.1, -0.05) is 29.8 Å². The molecule has 0 amide bonds. The Hall–Kier alpha value is -2.20. The SMILES string of the molecule is CNCCOc1c(C=O)cc(Cc2ccc(C)cc2)c(C)c1F. The molecule has 2 rings (SSSR count). The summed E-state index contributed by atoms with van der Waals surface area (Å²) in [5.41, 5.74) is 3.84. The summed E-state index contributed by atoms with van der Waals surface area (Å²) in [4.78, 5) is 11.3. The molecule has 0 saturated carbocycles. The summed E-state index contributed by atoms with van der Waals surface area (Å²) in [6.07, 6.45) is 1.23. The Bertz CT molecular complexity index is 681. The highest BCUT2D eigenvalue weighted by Gasteiger charge is 2.17. The van der Waals surface area contributed by atoms with Crippen LogP contribution in [0.25, 0.3) is 0 Å². The molecule has 0 spiro atoms. The van der Waals surface area contributed by atoms with E-state index in [2.05, 4.69) is 5.32 Å². The number of hydrogen-bond acceptors (Lipinski definition) is 3. The lowest BCUT2D eigenvalue weighted by atomic mass is 9.97. The predicted molar refractivity (Wildman–Crippen MR) is 89.9 cm³/mol.